The molecule has 13 nitrogen and oxygen atoms in total. The Morgan fingerprint density at radius 3 is 2.36 bits per heavy atom. The third-order valence-electron chi connectivity index (χ3n) is 4.12. The predicted molar refractivity (Wildman–Crippen MR) is 110 cm³/mol. The van der Waals surface area contributed by atoms with E-state index in [-0.39, 0.29) is 17.2 Å². The van der Waals surface area contributed by atoms with Gasteiger partial charge in [0.2, 0.25) is 5.88 Å². The number of aromatic nitrogens is 2. The lowest BCUT2D eigenvalue weighted by Gasteiger charge is -2.14. The third kappa shape index (κ3) is 6.65. The van der Waals surface area contributed by atoms with Crippen molar-refractivity contribution in [1.82, 2.24) is 9.78 Å². The third-order valence-corrected chi connectivity index (χ3v) is 4.12. The highest BCUT2D eigenvalue weighted by molar-refractivity contribution is 5.91. The van der Waals surface area contributed by atoms with Gasteiger partial charge in [0.1, 0.15) is 19.0 Å². The van der Waals surface area contributed by atoms with Crippen molar-refractivity contribution in [2.45, 2.75) is 13.0 Å². The molecule has 1 atom stereocenters. The van der Waals surface area contributed by atoms with Crippen LogP contribution in [0.4, 0.5) is 0 Å². The van der Waals surface area contributed by atoms with E-state index in [4.69, 9.17) is 9.47 Å². The molecule has 0 aliphatic rings. The van der Waals surface area contributed by atoms with Crippen LogP contribution >= 0.6 is 0 Å². The van der Waals surface area contributed by atoms with Gasteiger partial charge in [0.05, 0.1) is 16.9 Å². The van der Waals surface area contributed by atoms with Crippen molar-refractivity contribution in [2.75, 3.05) is 13.2 Å². The fraction of sp³-hybridized carbons (Fsp3) is 0.200. The van der Waals surface area contributed by atoms with Gasteiger partial charge >= 0.3 is 5.97 Å². The van der Waals surface area contributed by atoms with Gasteiger partial charge in [-0.05, 0) is 43.3 Å². The molecule has 0 N–H and O–H groups in total. The summed E-state index contributed by atoms with van der Waals surface area (Å²) in [5.41, 5.74) is 1.61. The van der Waals surface area contributed by atoms with Crippen LogP contribution in [-0.2, 0) is 9.68 Å². The van der Waals surface area contributed by atoms with E-state index in [1.807, 2.05) is 30.3 Å². The maximum absolute atomic E-state index is 12.6. The Kier molecular flexibility index (Phi) is 7.36. The van der Waals surface area contributed by atoms with Gasteiger partial charge in [-0.3, -0.25) is 0 Å². The van der Waals surface area contributed by atoms with Gasteiger partial charge in [-0.1, -0.05) is 18.2 Å². The minimum absolute atomic E-state index is 0.218. The fourth-order valence-corrected chi connectivity index (χ4v) is 2.71. The first kappa shape index (κ1) is 23.0. The lowest BCUT2D eigenvalue weighted by atomic mass is 10.2. The summed E-state index contributed by atoms with van der Waals surface area (Å²) >= 11 is 0. The molecule has 0 aliphatic carbocycles. The Balaban J connectivity index is 1.63. The lowest BCUT2D eigenvalue weighted by molar-refractivity contribution is -0.790. The first-order valence-electron chi connectivity index (χ1n) is 9.47. The Morgan fingerprint density at radius 2 is 1.73 bits per heavy atom. The molecule has 0 aliphatic heterocycles. The van der Waals surface area contributed by atoms with Crippen LogP contribution in [0.3, 0.4) is 0 Å². The molecule has 0 bridgehead atoms. The zero-order valence-electron chi connectivity index (χ0n) is 17.2. The average Bonchev–Trinajstić information content (AvgIpc) is 3.16. The fourth-order valence-electron chi connectivity index (χ4n) is 2.71. The summed E-state index contributed by atoms with van der Waals surface area (Å²) in [5.74, 6) is -0.142. The van der Waals surface area contributed by atoms with E-state index in [0.29, 0.717) is 5.69 Å². The van der Waals surface area contributed by atoms with Crippen molar-refractivity contribution < 1.29 is 34.1 Å². The predicted octanol–water partition coefficient (Wildman–Crippen LogP) is 2.56. The van der Waals surface area contributed by atoms with E-state index < -0.39 is 35.5 Å². The molecule has 1 aromatic heterocycles. The topological polar surface area (TPSA) is 158 Å². The standard InChI is InChI=1S/C20H18N4O9/c1-14-11-19(22(21-14)16-5-3-2-4-6-16)32-20(25)15-7-9-17(10-8-15)30-12-18(33-24(28)29)13-31-23(26)27/h2-11,18H,12-13H2,1H3. The van der Waals surface area contributed by atoms with Crippen molar-refractivity contribution in [2.24, 2.45) is 0 Å². The van der Waals surface area contributed by atoms with Crippen molar-refractivity contribution in [3.63, 3.8) is 0 Å². The zero-order chi connectivity index (χ0) is 23.8. The average molecular weight is 458 g/mol. The van der Waals surface area contributed by atoms with Crippen LogP contribution < -0.4 is 9.47 Å². The Bertz CT molecular complexity index is 1120. The second kappa shape index (κ2) is 10.6. The summed E-state index contributed by atoms with van der Waals surface area (Å²) in [7, 11) is 0. The summed E-state index contributed by atoms with van der Waals surface area (Å²) in [6.07, 6.45) is -1.32. The van der Waals surface area contributed by atoms with E-state index in [1.54, 1.807) is 13.0 Å². The number of hydrogen-bond acceptors (Lipinski definition) is 10. The van der Waals surface area contributed by atoms with Gasteiger partial charge in [-0.2, -0.15) is 5.10 Å². The van der Waals surface area contributed by atoms with Crippen LogP contribution in [0, 0.1) is 27.2 Å². The van der Waals surface area contributed by atoms with E-state index in [9.17, 15) is 25.0 Å². The largest absolute Gasteiger partial charge is 0.491 e. The van der Waals surface area contributed by atoms with Gasteiger partial charge in [0, 0.05) is 6.07 Å². The van der Waals surface area contributed by atoms with Gasteiger partial charge in [-0.25, -0.2) is 9.48 Å². The molecule has 3 rings (SSSR count). The lowest BCUT2D eigenvalue weighted by Crippen LogP contribution is -2.30. The minimum Gasteiger partial charge on any atom is -0.491 e. The quantitative estimate of drug-likeness (QED) is 0.237. The number of ether oxygens (including phenoxy) is 2. The molecule has 1 heterocycles. The summed E-state index contributed by atoms with van der Waals surface area (Å²) in [5, 5.41) is 22.9. The van der Waals surface area contributed by atoms with E-state index in [0.717, 1.165) is 5.69 Å². The van der Waals surface area contributed by atoms with Crippen molar-refractivity contribution in [3.05, 3.63) is 92.1 Å². The number of rotatable bonds is 11. The number of carbonyl (C=O) groups is 1. The Labute approximate surface area is 186 Å². The zero-order valence-corrected chi connectivity index (χ0v) is 17.2. The van der Waals surface area contributed by atoms with Crippen LogP contribution in [0.25, 0.3) is 5.69 Å². The van der Waals surface area contributed by atoms with Crippen molar-refractivity contribution in [1.29, 1.82) is 0 Å². The summed E-state index contributed by atoms with van der Waals surface area (Å²) < 4.78 is 12.3. The van der Waals surface area contributed by atoms with Gasteiger partial charge in [0.25, 0.3) is 10.2 Å². The molecule has 0 saturated carbocycles. The van der Waals surface area contributed by atoms with E-state index in [1.165, 1.54) is 28.9 Å². The molecule has 33 heavy (non-hydrogen) atoms. The van der Waals surface area contributed by atoms with Crippen LogP contribution in [0.1, 0.15) is 16.1 Å². The number of nitrogens with zero attached hydrogens (tertiary/aromatic N) is 4. The molecule has 2 aromatic carbocycles. The number of para-hydroxylation sites is 1. The molecule has 0 amide bonds. The summed E-state index contributed by atoms with van der Waals surface area (Å²) in [6.45, 7) is 0.691. The number of esters is 1. The SMILES string of the molecule is Cc1cc(OC(=O)c2ccc(OCC(CO[N+](=O)[O-])O[N+](=O)[O-])cc2)n(-c2ccccc2)n1. The molecule has 0 spiro atoms. The first-order valence-corrected chi connectivity index (χ1v) is 9.47. The molecule has 172 valence electrons. The number of hydrogen-bond donors (Lipinski definition) is 0. The van der Waals surface area contributed by atoms with Crippen LogP contribution in [0.15, 0.2) is 60.7 Å². The second-order valence-corrected chi connectivity index (χ2v) is 6.57. The summed E-state index contributed by atoms with van der Waals surface area (Å²) in [6, 6.07) is 16.5. The highest BCUT2D eigenvalue weighted by atomic mass is 17.0. The molecule has 0 fully saturated rings. The van der Waals surface area contributed by atoms with E-state index >= 15 is 0 Å². The molecule has 1 unspecified atom stereocenters. The number of aryl methyl sites for hydroxylation is 1. The van der Waals surface area contributed by atoms with Crippen molar-refractivity contribution in [3.8, 4) is 17.3 Å². The maximum Gasteiger partial charge on any atom is 0.344 e. The van der Waals surface area contributed by atoms with Crippen LogP contribution in [0.2, 0.25) is 0 Å². The maximum atomic E-state index is 12.6. The van der Waals surface area contributed by atoms with Crippen molar-refractivity contribution >= 4 is 5.97 Å². The van der Waals surface area contributed by atoms with Gasteiger partial charge in [0.15, 0.2) is 6.10 Å². The molecule has 0 saturated heterocycles. The van der Waals surface area contributed by atoms with E-state index in [2.05, 4.69) is 14.8 Å². The normalized spacial score (nSPS) is 11.3. The molecular formula is C20H18N4O9. The van der Waals surface area contributed by atoms with Crippen LogP contribution in [0.5, 0.6) is 11.6 Å². The first-order chi connectivity index (χ1) is 15.8. The Morgan fingerprint density at radius 1 is 1.03 bits per heavy atom. The molecule has 13 heteroatoms. The van der Waals surface area contributed by atoms with Crippen LogP contribution in [-0.4, -0.2) is 45.2 Å². The number of benzene rings is 2. The van der Waals surface area contributed by atoms with Gasteiger partial charge < -0.3 is 19.1 Å². The molecule has 0 radical (unpaired) electrons. The second-order valence-electron chi connectivity index (χ2n) is 6.57. The molecular weight excluding hydrogens is 440 g/mol. The monoisotopic (exact) mass is 458 g/mol. The molecule has 3 aromatic rings. The number of carbonyl (C=O) groups excluding carboxylic acids is 1. The highest BCUT2D eigenvalue weighted by Crippen LogP contribution is 2.21. The highest BCUT2D eigenvalue weighted by Gasteiger charge is 2.18. The summed E-state index contributed by atoms with van der Waals surface area (Å²) in [4.78, 5) is 41.7. The smallest absolute Gasteiger partial charge is 0.344 e. The Hall–Kier alpha value is -4.68. The minimum atomic E-state index is -1.32. The van der Waals surface area contributed by atoms with Gasteiger partial charge in [-0.15, -0.1) is 20.2 Å².